The van der Waals surface area contributed by atoms with Crippen molar-refractivity contribution in [1.29, 1.82) is 0 Å². The molecule has 0 aliphatic carbocycles. The van der Waals surface area contributed by atoms with Gasteiger partial charge in [0, 0.05) is 27.2 Å². The smallest absolute Gasteiger partial charge is 0.191 e. The average Bonchev–Trinajstić information content (AvgIpc) is 3.28. The number of nitrogens with one attached hydrogen (secondary N) is 2. The first-order chi connectivity index (χ1) is 12.7. The lowest BCUT2D eigenvalue weighted by molar-refractivity contribution is 0.331. The lowest BCUT2D eigenvalue weighted by Gasteiger charge is -2.15. The fraction of sp³-hybridized carbons (Fsp3) is 0.526. The molecular formula is C19H29N7. The number of aryl methyl sites for hydroxylation is 1. The van der Waals surface area contributed by atoms with E-state index >= 15 is 0 Å². The second-order valence-corrected chi connectivity index (χ2v) is 6.80. The molecule has 0 bridgehead atoms. The summed E-state index contributed by atoms with van der Waals surface area (Å²) in [4.78, 5) is 6.79. The molecule has 0 spiro atoms. The van der Waals surface area contributed by atoms with Gasteiger partial charge in [-0.1, -0.05) is 24.3 Å². The molecule has 1 aromatic heterocycles. The van der Waals surface area contributed by atoms with Gasteiger partial charge in [-0.3, -0.25) is 9.89 Å². The Balaban J connectivity index is 1.46. The van der Waals surface area contributed by atoms with Crippen molar-refractivity contribution in [2.24, 2.45) is 12.0 Å². The van der Waals surface area contributed by atoms with Crippen molar-refractivity contribution in [3.63, 3.8) is 0 Å². The van der Waals surface area contributed by atoms with Gasteiger partial charge in [0.05, 0.1) is 6.54 Å². The summed E-state index contributed by atoms with van der Waals surface area (Å²) in [5, 5.41) is 14.8. The lowest BCUT2D eigenvalue weighted by Crippen LogP contribution is -2.36. The highest BCUT2D eigenvalue weighted by molar-refractivity contribution is 5.79. The van der Waals surface area contributed by atoms with Gasteiger partial charge in [-0.15, -0.1) is 10.2 Å². The minimum atomic E-state index is 0.589. The second kappa shape index (κ2) is 8.80. The predicted molar refractivity (Wildman–Crippen MR) is 104 cm³/mol. The van der Waals surface area contributed by atoms with Gasteiger partial charge in [0.1, 0.15) is 5.82 Å². The molecule has 0 atom stereocenters. The summed E-state index contributed by atoms with van der Waals surface area (Å²) in [5.74, 6) is 2.54. The Morgan fingerprint density at radius 1 is 1.04 bits per heavy atom. The zero-order chi connectivity index (χ0) is 18.4. The molecular weight excluding hydrogens is 326 g/mol. The number of hydrogen-bond acceptors (Lipinski definition) is 4. The summed E-state index contributed by atoms with van der Waals surface area (Å²) in [6.07, 6.45) is 2.67. The van der Waals surface area contributed by atoms with E-state index in [1.54, 1.807) is 7.05 Å². The molecule has 0 amide bonds. The van der Waals surface area contributed by atoms with Crippen LogP contribution in [0.4, 0.5) is 0 Å². The van der Waals surface area contributed by atoms with Crippen LogP contribution >= 0.6 is 0 Å². The Kier molecular flexibility index (Phi) is 6.22. The van der Waals surface area contributed by atoms with Crippen LogP contribution < -0.4 is 10.6 Å². The van der Waals surface area contributed by atoms with Crippen molar-refractivity contribution in [3.05, 3.63) is 47.0 Å². The molecule has 140 valence electrons. The summed E-state index contributed by atoms with van der Waals surface area (Å²) in [5.41, 5.74) is 2.63. The highest BCUT2D eigenvalue weighted by Crippen LogP contribution is 2.13. The van der Waals surface area contributed by atoms with Gasteiger partial charge in [-0.2, -0.15) is 0 Å². The molecule has 1 saturated heterocycles. The number of aromatic nitrogens is 3. The number of guanidine groups is 1. The van der Waals surface area contributed by atoms with Crippen LogP contribution in [0.25, 0.3) is 0 Å². The molecule has 1 aliphatic rings. The van der Waals surface area contributed by atoms with E-state index in [-0.39, 0.29) is 0 Å². The largest absolute Gasteiger partial charge is 0.352 e. The Morgan fingerprint density at radius 2 is 1.69 bits per heavy atom. The van der Waals surface area contributed by atoms with Gasteiger partial charge in [-0.25, -0.2) is 0 Å². The minimum Gasteiger partial charge on any atom is -0.352 e. The van der Waals surface area contributed by atoms with Crippen molar-refractivity contribution in [3.8, 4) is 0 Å². The number of likely N-dealkylation sites (tertiary alicyclic amines) is 1. The van der Waals surface area contributed by atoms with Crippen LogP contribution in [-0.2, 0) is 26.7 Å². The van der Waals surface area contributed by atoms with Crippen LogP contribution in [0, 0.1) is 6.92 Å². The molecule has 0 unspecified atom stereocenters. The van der Waals surface area contributed by atoms with Gasteiger partial charge >= 0.3 is 0 Å². The van der Waals surface area contributed by atoms with Crippen LogP contribution in [0.1, 0.15) is 35.6 Å². The molecule has 26 heavy (non-hydrogen) atoms. The third kappa shape index (κ3) is 4.82. The normalized spacial score (nSPS) is 15.4. The number of nitrogens with zero attached hydrogens (tertiary/aromatic N) is 5. The number of aliphatic imine (C=N–C) groups is 1. The first-order valence-electron chi connectivity index (χ1n) is 9.25. The number of benzene rings is 1. The summed E-state index contributed by atoms with van der Waals surface area (Å²) in [6, 6.07) is 8.84. The highest BCUT2D eigenvalue weighted by Gasteiger charge is 2.11. The first-order valence-corrected chi connectivity index (χ1v) is 9.25. The zero-order valence-corrected chi connectivity index (χ0v) is 16.0. The third-order valence-corrected chi connectivity index (χ3v) is 4.91. The van der Waals surface area contributed by atoms with E-state index in [9.17, 15) is 0 Å². The van der Waals surface area contributed by atoms with Gasteiger partial charge < -0.3 is 15.2 Å². The summed E-state index contributed by atoms with van der Waals surface area (Å²) >= 11 is 0. The van der Waals surface area contributed by atoms with Gasteiger partial charge in [-0.05, 0) is 44.0 Å². The standard InChI is InChI=1S/C19H29N7/c1-15-23-24-18(25(15)3)13-22-19(20-2)21-12-16-6-8-17(9-7-16)14-26-10-4-5-11-26/h6-9H,4-5,10-14H2,1-3H3,(H2,20,21,22). The molecule has 1 aliphatic heterocycles. The number of rotatable bonds is 6. The SMILES string of the molecule is CN=C(NCc1ccc(CN2CCCC2)cc1)NCc1nnc(C)n1C. The molecule has 2 heterocycles. The van der Waals surface area contributed by atoms with Crippen molar-refractivity contribution in [1.82, 2.24) is 30.3 Å². The fourth-order valence-electron chi connectivity index (χ4n) is 3.14. The number of hydrogen-bond donors (Lipinski definition) is 2. The van der Waals surface area contributed by atoms with Gasteiger partial charge in [0.2, 0.25) is 0 Å². The Labute approximate surface area is 155 Å². The van der Waals surface area contributed by atoms with Crippen molar-refractivity contribution < 1.29 is 0 Å². The van der Waals surface area contributed by atoms with Crippen LogP contribution in [0.5, 0.6) is 0 Å². The molecule has 1 aromatic carbocycles. The molecule has 2 aromatic rings. The average molecular weight is 355 g/mol. The van der Waals surface area contributed by atoms with Crippen molar-refractivity contribution in [2.75, 3.05) is 20.1 Å². The second-order valence-electron chi connectivity index (χ2n) is 6.80. The van der Waals surface area contributed by atoms with Crippen LogP contribution in [-0.4, -0.2) is 45.8 Å². The van der Waals surface area contributed by atoms with E-state index in [4.69, 9.17) is 0 Å². The topological polar surface area (TPSA) is 70.4 Å². The minimum absolute atomic E-state index is 0.589. The Bertz CT molecular complexity index is 727. The molecule has 2 N–H and O–H groups in total. The third-order valence-electron chi connectivity index (χ3n) is 4.91. The maximum Gasteiger partial charge on any atom is 0.191 e. The highest BCUT2D eigenvalue weighted by atomic mass is 15.3. The van der Waals surface area contributed by atoms with E-state index in [0.29, 0.717) is 6.54 Å². The molecule has 7 nitrogen and oxygen atoms in total. The maximum atomic E-state index is 4.27. The lowest BCUT2D eigenvalue weighted by atomic mass is 10.1. The quantitative estimate of drug-likeness (QED) is 0.608. The van der Waals surface area contributed by atoms with E-state index in [0.717, 1.165) is 30.7 Å². The van der Waals surface area contributed by atoms with E-state index < -0.39 is 0 Å². The van der Waals surface area contributed by atoms with E-state index in [1.165, 1.54) is 37.1 Å². The Morgan fingerprint density at radius 3 is 2.31 bits per heavy atom. The van der Waals surface area contributed by atoms with Gasteiger partial charge in [0.15, 0.2) is 11.8 Å². The van der Waals surface area contributed by atoms with Crippen LogP contribution in [0.3, 0.4) is 0 Å². The van der Waals surface area contributed by atoms with Crippen molar-refractivity contribution >= 4 is 5.96 Å². The Hall–Kier alpha value is -2.41. The first kappa shape index (κ1) is 18.4. The molecule has 3 rings (SSSR count). The molecule has 1 fully saturated rings. The summed E-state index contributed by atoms with van der Waals surface area (Å²) in [7, 11) is 3.74. The van der Waals surface area contributed by atoms with Crippen LogP contribution in [0.15, 0.2) is 29.3 Å². The monoisotopic (exact) mass is 355 g/mol. The summed E-state index contributed by atoms with van der Waals surface area (Å²) in [6.45, 7) is 6.80. The maximum absolute atomic E-state index is 4.27. The molecule has 7 heteroatoms. The van der Waals surface area contributed by atoms with E-state index in [2.05, 4.69) is 55.0 Å². The summed E-state index contributed by atoms with van der Waals surface area (Å²) < 4.78 is 1.97. The zero-order valence-electron chi connectivity index (χ0n) is 16.0. The molecule has 0 radical (unpaired) electrons. The van der Waals surface area contributed by atoms with Gasteiger partial charge in [0.25, 0.3) is 0 Å². The van der Waals surface area contributed by atoms with Crippen molar-refractivity contribution in [2.45, 2.75) is 39.4 Å². The van der Waals surface area contributed by atoms with E-state index in [1.807, 2.05) is 18.5 Å². The van der Waals surface area contributed by atoms with Crippen LogP contribution in [0.2, 0.25) is 0 Å². The molecule has 0 saturated carbocycles. The fourth-order valence-corrected chi connectivity index (χ4v) is 3.14. The predicted octanol–water partition coefficient (Wildman–Crippen LogP) is 1.58.